The van der Waals surface area contributed by atoms with E-state index in [2.05, 4.69) is 0 Å². The molecule has 0 spiro atoms. The number of aromatic nitrogens is 1. The first-order valence-electron chi connectivity index (χ1n) is 9.87. The maximum absolute atomic E-state index is 13.1. The van der Waals surface area contributed by atoms with Gasteiger partial charge < -0.3 is 9.64 Å². The molecule has 2 fully saturated rings. The number of fused-ring (bicyclic) bond motifs is 2. The number of alkyl halides is 3. The third kappa shape index (κ3) is 3.79. The van der Waals surface area contributed by atoms with Gasteiger partial charge in [0.1, 0.15) is 6.10 Å². The van der Waals surface area contributed by atoms with Crippen molar-refractivity contribution >= 4 is 32.8 Å². The highest BCUT2D eigenvalue weighted by atomic mass is 32.2. The average molecular weight is 458 g/mol. The number of para-hydroxylation sites is 1. The van der Waals surface area contributed by atoms with Crippen molar-refractivity contribution in [2.75, 3.05) is 13.1 Å². The Labute approximate surface area is 176 Å². The number of likely N-dealkylation sites (tertiary alicyclic amines) is 1. The molecule has 0 bridgehead atoms. The van der Waals surface area contributed by atoms with Crippen molar-refractivity contribution in [3.8, 4) is 0 Å². The normalized spacial score (nSPS) is 24.9. The molecule has 0 aliphatic carbocycles. The maximum atomic E-state index is 13.1. The topological polar surface area (TPSA) is 85.7 Å². The van der Waals surface area contributed by atoms with Gasteiger partial charge in [-0.2, -0.15) is 21.6 Å². The number of nitrogens with zero attached hydrogens (tertiary/aromatic N) is 2. The minimum Gasteiger partial charge on any atom is -0.462 e. The van der Waals surface area contributed by atoms with Crippen LogP contribution in [-0.2, 0) is 30.8 Å². The molecule has 31 heavy (non-hydrogen) atoms. The van der Waals surface area contributed by atoms with E-state index in [1.807, 2.05) is 0 Å². The van der Waals surface area contributed by atoms with Crippen LogP contribution in [0.15, 0.2) is 30.5 Å². The lowest BCUT2D eigenvalue weighted by molar-refractivity contribution is -0.168. The zero-order chi connectivity index (χ0) is 22.6. The molecule has 3 atom stereocenters. The van der Waals surface area contributed by atoms with Gasteiger partial charge in [-0.15, -0.1) is 0 Å². The number of rotatable bonds is 4. The predicted molar refractivity (Wildman–Crippen MR) is 104 cm³/mol. The van der Waals surface area contributed by atoms with Crippen LogP contribution in [0.1, 0.15) is 25.3 Å². The lowest BCUT2D eigenvalue weighted by Crippen LogP contribution is -2.52. The van der Waals surface area contributed by atoms with Crippen molar-refractivity contribution < 1.29 is 35.9 Å². The van der Waals surface area contributed by atoms with Crippen LogP contribution in [0.5, 0.6) is 0 Å². The fourth-order valence-electron chi connectivity index (χ4n) is 4.52. The molecular formula is C20H21F3N2O5S. The number of amides is 1. The van der Waals surface area contributed by atoms with Crippen molar-refractivity contribution in [2.24, 2.45) is 11.8 Å². The third-order valence-corrected chi connectivity index (χ3v) is 7.54. The number of benzene rings is 1. The van der Waals surface area contributed by atoms with Gasteiger partial charge in [0.05, 0.1) is 5.52 Å². The van der Waals surface area contributed by atoms with Crippen LogP contribution in [0, 0.1) is 11.8 Å². The minimum absolute atomic E-state index is 0.00218. The van der Waals surface area contributed by atoms with E-state index in [-0.39, 0.29) is 65.1 Å². The number of halogens is 3. The Bertz CT molecular complexity index is 1140. The fraction of sp³-hybridized carbons (Fsp3) is 0.500. The van der Waals surface area contributed by atoms with E-state index < -0.39 is 15.5 Å². The quantitative estimate of drug-likeness (QED) is 0.658. The minimum atomic E-state index is -5.58. The molecule has 1 aromatic carbocycles. The van der Waals surface area contributed by atoms with E-state index in [9.17, 15) is 31.2 Å². The summed E-state index contributed by atoms with van der Waals surface area (Å²) in [5, 5.41) is 0.387. The molecule has 2 aliphatic heterocycles. The summed E-state index contributed by atoms with van der Waals surface area (Å²) in [6.45, 7) is 2.40. The number of ether oxygens (including phenoxy) is 1. The van der Waals surface area contributed by atoms with Crippen LogP contribution < -0.4 is 0 Å². The van der Waals surface area contributed by atoms with Gasteiger partial charge in [-0.3, -0.25) is 9.59 Å². The molecule has 168 valence electrons. The molecule has 3 unspecified atom stereocenters. The summed E-state index contributed by atoms with van der Waals surface area (Å²) in [6.07, 6.45) is 1.28. The van der Waals surface area contributed by atoms with Gasteiger partial charge in [-0.05, 0) is 30.9 Å². The van der Waals surface area contributed by atoms with E-state index in [0.29, 0.717) is 17.5 Å². The van der Waals surface area contributed by atoms with Gasteiger partial charge in [0.25, 0.3) is 0 Å². The molecule has 2 aliphatic rings. The van der Waals surface area contributed by atoms with Crippen molar-refractivity contribution in [1.29, 1.82) is 0 Å². The predicted octanol–water partition coefficient (Wildman–Crippen LogP) is 2.68. The first-order valence-corrected chi connectivity index (χ1v) is 11.3. The largest absolute Gasteiger partial charge is 0.517 e. The monoisotopic (exact) mass is 458 g/mol. The number of hydrogen-bond donors (Lipinski definition) is 0. The molecule has 7 nitrogen and oxygen atoms in total. The molecule has 0 N–H and O–H groups in total. The highest BCUT2D eigenvalue weighted by Crippen LogP contribution is 2.36. The van der Waals surface area contributed by atoms with Crippen LogP contribution in [0.3, 0.4) is 0 Å². The second kappa shape index (κ2) is 7.54. The standard InChI is InChI=1S/C20H21F3N2O5S/c1-12-16-11-24(18(26)8-14(16)9-19(27)30-12)7-6-13-10-25(31(28,29)20(21,22)23)17-5-3-2-4-15(13)17/h2-5,10,12,14,16H,6-9,11H2,1H3. The Morgan fingerprint density at radius 2 is 1.87 bits per heavy atom. The van der Waals surface area contributed by atoms with Gasteiger partial charge in [-0.1, -0.05) is 18.2 Å². The maximum Gasteiger partial charge on any atom is 0.517 e. The highest BCUT2D eigenvalue weighted by Gasteiger charge is 2.48. The number of carbonyl (C=O) groups excluding carboxylic acids is 2. The zero-order valence-corrected chi connectivity index (χ0v) is 17.4. The third-order valence-electron chi connectivity index (χ3n) is 6.14. The Morgan fingerprint density at radius 1 is 1.16 bits per heavy atom. The van der Waals surface area contributed by atoms with Crippen molar-refractivity contribution in [3.05, 3.63) is 36.0 Å². The Morgan fingerprint density at radius 3 is 2.58 bits per heavy atom. The van der Waals surface area contributed by atoms with Crippen molar-refractivity contribution in [3.63, 3.8) is 0 Å². The Balaban J connectivity index is 1.58. The van der Waals surface area contributed by atoms with Gasteiger partial charge in [0, 0.05) is 43.4 Å². The highest BCUT2D eigenvalue weighted by molar-refractivity contribution is 7.90. The van der Waals surface area contributed by atoms with Crippen LogP contribution >= 0.6 is 0 Å². The Hall–Kier alpha value is -2.56. The van der Waals surface area contributed by atoms with E-state index in [4.69, 9.17) is 4.74 Å². The van der Waals surface area contributed by atoms with Crippen LogP contribution in [0.25, 0.3) is 10.9 Å². The summed E-state index contributed by atoms with van der Waals surface area (Å²) in [7, 11) is -5.58. The lowest BCUT2D eigenvalue weighted by atomic mass is 9.78. The van der Waals surface area contributed by atoms with Crippen molar-refractivity contribution in [1.82, 2.24) is 8.87 Å². The van der Waals surface area contributed by atoms with Gasteiger partial charge in [-0.25, -0.2) is 3.97 Å². The number of hydrogen-bond acceptors (Lipinski definition) is 5. The molecule has 0 radical (unpaired) electrons. The summed E-state index contributed by atoms with van der Waals surface area (Å²) in [5.74, 6) is -0.510. The molecule has 2 saturated heterocycles. The average Bonchev–Trinajstić information content (AvgIpc) is 3.05. The van der Waals surface area contributed by atoms with Crippen molar-refractivity contribution in [2.45, 2.75) is 37.8 Å². The number of carbonyl (C=O) groups is 2. The van der Waals surface area contributed by atoms with E-state index >= 15 is 0 Å². The van der Waals surface area contributed by atoms with E-state index in [1.54, 1.807) is 24.0 Å². The molecule has 11 heteroatoms. The van der Waals surface area contributed by atoms with Gasteiger partial charge >= 0.3 is 21.5 Å². The summed E-state index contributed by atoms with van der Waals surface area (Å²) in [5.41, 5.74) is -5.09. The lowest BCUT2D eigenvalue weighted by Gasteiger charge is -2.43. The zero-order valence-electron chi connectivity index (χ0n) is 16.6. The molecular weight excluding hydrogens is 437 g/mol. The second-order valence-corrected chi connectivity index (χ2v) is 9.84. The SMILES string of the molecule is CC1OC(=O)CC2CC(=O)N(CCc3cn(S(=O)(=O)C(F)(F)F)c4ccccc34)CC21. The van der Waals surface area contributed by atoms with Crippen LogP contribution in [0.2, 0.25) is 0 Å². The summed E-state index contributed by atoms with van der Waals surface area (Å²) >= 11 is 0. The fourth-order valence-corrected chi connectivity index (χ4v) is 5.43. The smallest absolute Gasteiger partial charge is 0.462 e. The summed E-state index contributed by atoms with van der Waals surface area (Å²) < 4.78 is 68.8. The molecule has 4 rings (SSSR count). The summed E-state index contributed by atoms with van der Waals surface area (Å²) in [6, 6.07) is 5.96. The molecule has 2 aromatic rings. The molecule has 1 aromatic heterocycles. The first-order chi connectivity index (χ1) is 14.5. The number of cyclic esters (lactones) is 1. The van der Waals surface area contributed by atoms with Gasteiger partial charge in [0.15, 0.2) is 0 Å². The van der Waals surface area contributed by atoms with Gasteiger partial charge in [0.2, 0.25) is 5.91 Å². The summed E-state index contributed by atoms with van der Waals surface area (Å²) in [4.78, 5) is 25.8. The molecule has 1 amide bonds. The van der Waals surface area contributed by atoms with Crippen LogP contribution in [-0.4, -0.2) is 53.9 Å². The number of piperidine rings is 1. The first kappa shape index (κ1) is 21.7. The van der Waals surface area contributed by atoms with Crippen LogP contribution in [0.4, 0.5) is 13.2 Å². The second-order valence-electron chi connectivity index (χ2n) is 8.04. The Kier molecular flexibility index (Phi) is 5.27. The number of esters is 1. The van der Waals surface area contributed by atoms with E-state index in [0.717, 1.165) is 6.20 Å². The molecule has 3 heterocycles. The molecule has 0 saturated carbocycles. The van der Waals surface area contributed by atoms with E-state index in [1.165, 1.54) is 12.1 Å².